The Kier molecular flexibility index (Phi) is 5.93. The van der Waals surface area contributed by atoms with Gasteiger partial charge in [-0.1, -0.05) is 44.1 Å². The molecule has 128 valence electrons. The van der Waals surface area contributed by atoms with Crippen LogP contribution in [0, 0.1) is 11.8 Å². The highest BCUT2D eigenvalue weighted by Crippen LogP contribution is 2.50. The molecule has 0 unspecified atom stereocenters. The molecule has 1 saturated carbocycles. The van der Waals surface area contributed by atoms with E-state index in [0.29, 0.717) is 30.5 Å². The van der Waals surface area contributed by atoms with Gasteiger partial charge >= 0.3 is 5.97 Å². The van der Waals surface area contributed by atoms with Crippen molar-refractivity contribution >= 4 is 5.97 Å². The highest BCUT2D eigenvalue weighted by molar-refractivity contribution is 5.70. The van der Waals surface area contributed by atoms with Crippen molar-refractivity contribution in [2.24, 2.45) is 11.8 Å². The summed E-state index contributed by atoms with van der Waals surface area (Å²) in [4.78, 5) is 11.6. The van der Waals surface area contributed by atoms with Crippen LogP contribution in [-0.4, -0.2) is 24.3 Å². The molecule has 0 amide bonds. The first-order valence-electron chi connectivity index (χ1n) is 9.46. The summed E-state index contributed by atoms with van der Waals surface area (Å²) < 4.78 is 11.3. The number of rotatable bonds is 8. The van der Waals surface area contributed by atoms with Gasteiger partial charge in [-0.2, -0.15) is 0 Å². The van der Waals surface area contributed by atoms with E-state index in [2.05, 4.69) is 31.2 Å². The fraction of sp³-hybridized carbons (Fsp3) is 0.750. The lowest BCUT2D eigenvalue weighted by Crippen LogP contribution is -2.34. The molecule has 0 N–H and O–H groups in total. The number of unbranched alkanes of at least 4 members (excludes halogenated alkanes) is 3. The maximum absolute atomic E-state index is 11.6. The average molecular weight is 318 g/mol. The normalized spacial score (nSPS) is 36.6. The number of carbonyl (C=O) groups excluding carboxylic acids is 1. The minimum absolute atomic E-state index is 0.0134. The van der Waals surface area contributed by atoms with E-state index in [4.69, 9.17) is 9.47 Å². The minimum atomic E-state index is -0.0134. The summed E-state index contributed by atoms with van der Waals surface area (Å²) in [5, 5.41) is 0. The highest BCUT2D eigenvalue weighted by atomic mass is 16.6. The average Bonchev–Trinajstić information content (AvgIpc) is 3.23. The quantitative estimate of drug-likeness (QED) is 0.285. The number of esters is 1. The molecule has 0 bridgehead atoms. The second kappa shape index (κ2) is 8.14. The Morgan fingerprint density at radius 3 is 2.91 bits per heavy atom. The van der Waals surface area contributed by atoms with Crippen LogP contribution >= 0.6 is 0 Å². The smallest absolute Gasteiger partial charge is 0.306 e. The summed E-state index contributed by atoms with van der Waals surface area (Å²) in [5.41, 5.74) is 0. The van der Waals surface area contributed by atoms with Crippen molar-refractivity contribution in [3.05, 3.63) is 24.3 Å². The molecular formula is C20H30O3. The molecule has 5 atom stereocenters. The standard InChI is InChI=1S/C20H30O3/c1-2-3-4-5-6-7-8-9-11-15-16(14-18-20(15)23-18)17-12-10-13-19(21)22-17/h6-7,9,11,15-18,20H,2-5,8,10,12-14H2,1H3/b7-6-,11-9+/t15-,16+,17-,18+,20-/m1/s1. The Morgan fingerprint density at radius 2 is 2.09 bits per heavy atom. The SMILES string of the molecule is CCCCC/C=C\C/C=C/[C@@H]1[C@@H]([C@H]2CCCC(=O)O2)C[C@@H]2O[C@H]12. The lowest BCUT2D eigenvalue weighted by Gasteiger charge is -2.31. The number of hydrogen-bond donors (Lipinski definition) is 0. The van der Waals surface area contributed by atoms with E-state index in [9.17, 15) is 4.79 Å². The van der Waals surface area contributed by atoms with Crippen molar-refractivity contribution in [3.63, 3.8) is 0 Å². The van der Waals surface area contributed by atoms with E-state index in [1.165, 1.54) is 25.7 Å². The largest absolute Gasteiger partial charge is 0.462 e. The van der Waals surface area contributed by atoms with Crippen molar-refractivity contribution < 1.29 is 14.3 Å². The van der Waals surface area contributed by atoms with Crippen LogP contribution in [0.5, 0.6) is 0 Å². The summed E-state index contributed by atoms with van der Waals surface area (Å²) in [6, 6.07) is 0. The third kappa shape index (κ3) is 4.47. The van der Waals surface area contributed by atoms with Gasteiger partial charge in [0.05, 0.1) is 12.2 Å². The number of carbonyl (C=O) groups is 1. The zero-order valence-corrected chi connectivity index (χ0v) is 14.3. The molecule has 23 heavy (non-hydrogen) atoms. The monoisotopic (exact) mass is 318 g/mol. The van der Waals surface area contributed by atoms with Crippen molar-refractivity contribution in [2.45, 2.75) is 83.0 Å². The van der Waals surface area contributed by atoms with Crippen molar-refractivity contribution in [2.75, 3.05) is 0 Å². The topological polar surface area (TPSA) is 38.8 Å². The third-order valence-corrected chi connectivity index (χ3v) is 5.40. The molecule has 0 aromatic heterocycles. The summed E-state index contributed by atoms with van der Waals surface area (Å²) in [5.74, 6) is 0.887. The number of epoxide rings is 1. The summed E-state index contributed by atoms with van der Waals surface area (Å²) >= 11 is 0. The maximum Gasteiger partial charge on any atom is 0.306 e. The van der Waals surface area contributed by atoms with Gasteiger partial charge in [-0.3, -0.25) is 4.79 Å². The minimum Gasteiger partial charge on any atom is -0.462 e. The van der Waals surface area contributed by atoms with E-state index in [1.807, 2.05) is 0 Å². The van der Waals surface area contributed by atoms with Crippen molar-refractivity contribution in [1.82, 2.24) is 0 Å². The summed E-state index contributed by atoms with van der Waals surface area (Å²) in [6.45, 7) is 2.24. The molecule has 3 heteroatoms. The zero-order valence-electron chi connectivity index (χ0n) is 14.3. The van der Waals surface area contributed by atoms with E-state index >= 15 is 0 Å². The van der Waals surface area contributed by atoms with Gasteiger partial charge in [0, 0.05) is 18.3 Å². The van der Waals surface area contributed by atoms with Gasteiger partial charge in [0.2, 0.25) is 0 Å². The Balaban J connectivity index is 1.45. The molecule has 3 nitrogen and oxygen atoms in total. The van der Waals surface area contributed by atoms with Gasteiger partial charge in [-0.15, -0.1) is 0 Å². The summed E-state index contributed by atoms with van der Waals surface area (Å²) in [7, 11) is 0. The van der Waals surface area contributed by atoms with Crippen LogP contribution in [-0.2, 0) is 14.3 Å². The number of cyclic esters (lactones) is 1. The number of fused-ring (bicyclic) bond motifs is 1. The zero-order chi connectivity index (χ0) is 16.1. The first-order valence-corrected chi connectivity index (χ1v) is 9.46. The first kappa shape index (κ1) is 16.8. The van der Waals surface area contributed by atoms with Crippen LogP contribution in [0.3, 0.4) is 0 Å². The van der Waals surface area contributed by atoms with Crippen LogP contribution in [0.4, 0.5) is 0 Å². The van der Waals surface area contributed by atoms with Crippen LogP contribution in [0.15, 0.2) is 24.3 Å². The van der Waals surface area contributed by atoms with E-state index in [0.717, 1.165) is 25.7 Å². The fourth-order valence-electron chi connectivity index (χ4n) is 4.08. The molecule has 3 rings (SSSR count). The lowest BCUT2D eigenvalue weighted by atomic mass is 9.85. The predicted molar refractivity (Wildman–Crippen MR) is 91.0 cm³/mol. The molecule has 1 aliphatic carbocycles. The van der Waals surface area contributed by atoms with Crippen molar-refractivity contribution in [3.8, 4) is 0 Å². The Hall–Kier alpha value is -1.09. The van der Waals surface area contributed by atoms with Gasteiger partial charge in [0.1, 0.15) is 6.10 Å². The molecule has 2 aliphatic heterocycles. The summed E-state index contributed by atoms with van der Waals surface area (Å²) in [6.07, 6.45) is 19.8. The van der Waals surface area contributed by atoms with Crippen LogP contribution in [0.25, 0.3) is 0 Å². The van der Waals surface area contributed by atoms with Crippen molar-refractivity contribution in [1.29, 1.82) is 0 Å². The van der Waals surface area contributed by atoms with Crippen LogP contribution in [0.1, 0.15) is 64.7 Å². The molecule has 0 radical (unpaired) electrons. The van der Waals surface area contributed by atoms with Gasteiger partial charge in [-0.05, 0) is 38.5 Å². The second-order valence-corrected chi connectivity index (χ2v) is 7.17. The fourth-order valence-corrected chi connectivity index (χ4v) is 4.08. The van der Waals surface area contributed by atoms with E-state index in [-0.39, 0.29) is 12.1 Å². The number of ether oxygens (including phenoxy) is 2. The van der Waals surface area contributed by atoms with Gasteiger partial charge < -0.3 is 9.47 Å². The molecule has 0 spiro atoms. The highest BCUT2D eigenvalue weighted by Gasteiger charge is 2.57. The Labute approximate surface area is 140 Å². The molecule has 3 aliphatic rings. The predicted octanol–water partition coefficient (Wildman–Crippen LogP) is 4.57. The van der Waals surface area contributed by atoms with Crippen LogP contribution < -0.4 is 0 Å². The first-order chi connectivity index (χ1) is 11.3. The van der Waals surface area contributed by atoms with Crippen LogP contribution in [0.2, 0.25) is 0 Å². The number of hydrogen-bond acceptors (Lipinski definition) is 3. The third-order valence-electron chi connectivity index (χ3n) is 5.40. The molecule has 0 aromatic rings. The molecule has 2 saturated heterocycles. The Bertz CT molecular complexity index is 454. The molecule has 3 fully saturated rings. The van der Waals surface area contributed by atoms with Gasteiger partial charge in [0.15, 0.2) is 0 Å². The van der Waals surface area contributed by atoms with Gasteiger partial charge in [-0.25, -0.2) is 0 Å². The second-order valence-electron chi connectivity index (χ2n) is 7.17. The molecule has 0 aromatic carbocycles. The van der Waals surface area contributed by atoms with E-state index < -0.39 is 0 Å². The van der Waals surface area contributed by atoms with Gasteiger partial charge in [0.25, 0.3) is 0 Å². The molecular weight excluding hydrogens is 288 g/mol. The Morgan fingerprint density at radius 1 is 1.17 bits per heavy atom. The van der Waals surface area contributed by atoms with E-state index in [1.54, 1.807) is 0 Å². The number of allylic oxidation sites excluding steroid dienone is 3. The maximum atomic E-state index is 11.6. The molecule has 2 heterocycles. The lowest BCUT2D eigenvalue weighted by molar-refractivity contribution is -0.158.